The summed E-state index contributed by atoms with van der Waals surface area (Å²) in [6, 6.07) is 6.88. The van der Waals surface area contributed by atoms with Crippen LogP contribution >= 0.6 is 0 Å². The van der Waals surface area contributed by atoms with E-state index >= 15 is 0 Å². The molecule has 0 spiro atoms. The van der Waals surface area contributed by atoms with Crippen LogP contribution in [0.15, 0.2) is 27.8 Å². The lowest BCUT2D eigenvalue weighted by Gasteiger charge is -1.95. The zero-order chi connectivity index (χ0) is 11.7. The normalized spacial score (nSPS) is 14.5. The molecule has 82 valence electrons. The number of oxazole rings is 1. The molecule has 0 saturated heterocycles. The van der Waals surface area contributed by atoms with Crippen LogP contribution in [-0.2, 0) is 10.8 Å². The van der Waals surface area contributed by atoms with E-state index in [4.69, 9.17) is 15.4 Å². The van der Waals surface area contributed by atoms with Gasteiger partial charge in [0.05, 0.1) is 6.07 Å². The van der Waals surface area contributed by atoms with Gasteiger partial charge in [-0.3, -0.25) is 0 Å². The highest BCUT2D eigenvalue weighted by atomic mass is 32.2. The Morgan fingerprint density at radius 1 is 1.62 bits per heavy atom. The number of anilines is 1. The first-order valence-electron chi connectivity index (χ1n) is 4.58. The molecule has 2 aromatic rings. The van der Waals surface area contributed by atoms with Crippen molar-refractivity contribution in [2.45, 2.75) is 17.4 Å². The third-order valence-corrected chi connectivity index (χ3v) is 3.33. The first-order chi connectivity index (χ1) is 7.61. The smallest absolute Gasteiger partial charge is 0.289 e. The molecular formula is C10H9N3O2S. The number of aromatic nitrogens is 1. The van der Waals surface area contributed by atoms with Crippen LogP contribution in [0, 0.1) is 11.3 Å². The average Bonchev–Trinajstić information content (AvgIpc) is 2.69. The highest BCUT2D eigenvalue weighted by Crippen LogP contribution is 2.21. The van der Waals surface area contributed by atoms with Crippen molar-refractivity contribution in [2.75, 3.05) is 5.73 Å². The molecule has 0 fully saturated rings. The van der Waals surface area contributed by atoms with E-state index in [1.54, 1.807) is 25.1 Å². The monoisotopic (exact) mass is 235 g/mol. The lowest BCUT2D eigenvalue weighted by Crippen LogP contribution is -2.07. The fourth-order valence-electron chi connectivity index (χ4n) is 1.21. The number of fused-ring (bicyclic) bond motifs is 1. The number of nitrogens with zero attached hydrogens (tertiary/aromatic N) is 2. The van der Waals surface area contributed by atoms with E-state index in [1.165, 1.54) is 0 Å². The average molecular weight is 235 g/mol. The maximum atomic E-state index is 11.7. The lowest BCUT2D eigenvalue weighted by molar-refractivity contribution is 0.477. The molecule has 0 radical (unpaired) electrons. The summed E-state index contributed by atoms with van der Waals surface area (Å²) >= 11 is 0. The molecule has 1 aromatic heterocycles. The summed E-state index contributed by atoms with van der Waals surface area (Å²) in [4.78, 5) is 4.05. The van der Waals surface area contributed by atoms with Crippen LogP contribution in [0.25, 0.3) is 11.1 Å². The molecule has 2 atom stereocenters. The maximum absolute atomic E-state index is 11.7. The van der Waals surface area contributed by atoms with Gasteiger partial charge in [0.15, 0.2) is 5.58 Å². The second-order valence-corrected chi connectivity index (χ2v) is 4.93. The highest BCUT2D eigenvalue weighted by molar-refractivity contribution is 7.85. The highest BCUT2D eigenvalue weighted by Gasteiger charge is 2.18. The molecule has 1 aromatic carbocycles. The number of benzene rings is 1. The third kappa shape index (κ3) is 1.77. The van der Waals surface area contributed by atoms with E-state index in [1.807, 2.05) is 6.07 Å². The summed E-state index contributed by atoms with van der Waals surface area (Å²) < 4.78 is 17.0. The van der Waals surface area contributed by atoms with Crippen LogP contribution in [0.3, 0.4) is 0 Å². The Morgan fingerprint density at radius 3 is 3.06 bits per heavy atom. The predicted molar refractivity (Wildman–Crippen MR) is 59.9 cm³/mol. The van der Waals surface area contributed by atoms with Crippen molar-refractivity contribution in [2.24, 2.45) is 0 Å². The molecule has 6 heteroatoms. The molecule has 1 heterocycles. The van der Waals surface area contributed by atoms with Gasteiger partial charge in [-0.15, -0.1) is 0 Å². The van der Waals surface area contributed by atoms with Crippen molar-refractivity contribution >= 4 is 27.6 Å². The molecule has 2 rings (SSSR count). The van der Waals surface area contributed by atoms with E-state index < -0.39 is 16.0 Å². The molecule has 5 nitrogen and oxygen atoms in total. The van der Waals surface area contributed by atoms with Crippen molar-refractivity contribution in [1.82, 2.24) is 4.98 Å². The van der Waals surface area contributed by atoms with E-state index in [0.29, 0.717) is 16.8 Å². The quantitative estimate of drug-likeness (QED) is 0.795. The summed E-state index contributed by atoms with van der Waals surface area (Å²) in [5, 5.41) is 8.07. The molecule has 0 aliphatic carbocycles. The van der Waals surface area contributed by atoms with E-state index in [-0.39, 0.29) is 5.22 Å². The molecule has 0 aliphatic rings. The Labute approximate surface area is 94.3 Å². The first kappa shape index (κ1) is 10.6. The number of hydrogen-bond donors (Lipinski definition) is 1. The van der Waals surface area contributed by atoms with Crippen LogP contribution in [0.1, 0.15) is 6.92 Å². The van der Waals surface area contributed by atoms with Gasteiger partial charge in [0.2, 0.25) is 0 Å². The number of nitrogens with two attached hydrogens (primary N) is 1. The zero-order valence-electron chi connectivity index (χ0n) is 8.51. The van der Waals surface area contributed by atoms with Crippen LogP contribution in [0.2, 0.25) is 0 Å². The third-order valence-electron chi connectivity index (χ3n) is 2.07. The van der Waals surface area contributed by atoms with E-state index in [9.17, 15) is 4.21 Å². The predicted octanol–water partition coefficient (Wildman–Crippen LogP) is 1.43. The Kier molecular flexibility index (Phi) is 2.62. The van der Waals surface area contributed by atoms with E-state index in [0.717, 1.165) is 0 Å². The molecule has 0 amide bonds. The van der Waals surface area contributed by atoms with Crippen molar-refractivity contribution < 1.29 is 8.63 Å². The lowest BCUT2D eigenvalue weighted by atomic mass is 10.3. The number of nitrogen functional groups attached to an aromatic ring is 1. The molecular weight excluding hydrogens is 226 g/mol. The van der Waals surface area contributed by atoms with Gasteiger partial charge in [-0.05, 0) is 19.1 Å². The Bertz CT molecular complexity index is 600. The van der Waals surface area contributed by atoms with Gasteiger partial charge in [-0.1, -0.05) is 0 Å². The summed E-state index contributed by atoms with van der Waals surface area (Å²) in [6.07, 6.45) is 0. The molecule has 0 aliphatic heterocycles. The second kappa shape index (κ2) is 3.94. The number of hydrogen-bond acceptors (Lipinski definition) is 5. The summed E-state index contributed by atoms with van der Waals surface area (Å²) in [5.74, 6) is 0. The van der Waals surface area contributed by atoms with Crippen molar-refractivity contribution in [3.05, 3.63) is 18.2 Å². The zero-order valence-corrected chi connectivity index (χ0v) is 9.32. The number of nitriles is 1. The minimum absolute atomic E-state index is 0.0645. The minimum atomic E-state index is -1.55. The Morgan fingerprint density at radius 2 is 2.38 bits per heavy atom. The molecule has 2 N–H and O–H groups in total. The van der Waals surface area contributed by atoms with Gasteiger partial charge < -0.3 is 10.2 Å². The molecule has 0 bridgehead atoms. The molecule has 16 heavy (non-hydrogen) atoms. The van der Waals surface area contributed by atoms with Crippen LogP contribution in [0.5, 0.6) is 0 Å². The summed E-state index contributed by atoms with van der Waals surface area (Å²) in [5.41, 5.74) is 7.20. The Hall–Kier alpha value is -1.87. The van der Waals surface area contributed by atoms with Crippen LogP contribution < -0.4 is 5.73 Å². The molecule has 0 saturated carbocycles. The van der Waals surface area contributed by atoms with Gasteiger partial charge in [0, 0.05) is 11.8 Å². The van der Waals surface area contributed by atoms with Crippen LogP contribution in [-0.4, -0.2) is 14.4 Å². The van der Waals surface area contributed by atoms with Gasteiger partial charge in [0.25, 0.3) is 5.22 Å². The van der Waals surface area contributed by atoms with Crippen molar-refractivity contribution in [3.8, 4) is 6.07 Å². The van der Waals surface area contributed by atoms with Crippen molar-refractivity contribution in [1.29, 1.82) is 5.26 Å². The molecule has 2 unspecified atom stereocenters. The summed E-state index contributed by atoms with van der Waals surface area (Å²) in [6.45, 7) is 1.55. The topological polar surface area (TPSA) is 92.9 Å². The first-order valence-corrected chi connectivity index (χ1v) is 5.79. The van der Waals surface area contributed by atoms with Gasteiger partial charge >= 0.3 is 0 Å². The van der Waals surface area contributed by atoms with Gasteiger partial charge in [0.1, 0.15) is 21.6 Å². The van der Waals surface area contributed by atoms with Crippen molar-refractivity contribution in [3.63, 3.8) is 0 Å². The fourth-order valence-corrected chi connectivity index (χ4v) is 1.96. The maximum Gasteiger partial charge on any atom is 0.289 e. The summed E-state index contributed by atoms with van der Waals surface area (Å²) in [7, 11) is -1.55. The number of rotatable bonds is 2. The largest absolute Gasteiger partial charge is 0.430 e. The Balaban J connectivity index is 2.48. The van der Waals surface area contributed by atoms with Gasteiger partial charge in [-0.2, -0.15) is 5.26 Å². The SMILES string of the molecule is CC(C#N)S(=O)c1nc2ccc(N)cc2o1. The van der Waals surface area contributed by atoms with E-state index in [2.05, 4.69) is 4.98 Å². The van der Waals surface area contributed by atoms with Gasteiger partial charge in [-0.25, -0.2) is 9.19 Å². The standard InChI is InChI=1S/C10H9N3O2S/c1-6(5-11)16(14)10-13-8-3-2-7(12)4-9(8)15-10/h2-4,6H,12H2,1H3. The fraction of sp³-hybridized carbons (Fsp3) is 0.200. The van der Waals surface area contributed by atoms with Crippen LogP contribution in [0.4, 0.5) is 5.69 Å². The second-order valence-electron chi connectivity index (χ2n) is 3.28. The minimum Gasteiger partial charge on any atom is -0.430 e.